The van der Waals surface area contributed by atoms with E-state index >= 15 is 0 Å². The van der Waals surface area contributed by atoms with Crippen LogP contribution in [0, 0.1) is 0 Å². The highest BCUT2D eigenvalue weighted by Gasteiger charge is 2.16. The Kier molecular flexibility index (Phi) is 9.29. The summed E-state index contributed by atoms with van der Waals surface area (Å²) in [5, 5.41) is 4.51. The number of halogens is 2. The number of rotatable bonds is 10. The van der Waals surface area contributed by atoms with E-state index in [1.165, 1.54) is 25.5 Å². The van der Waals surface area contributed by atoms with Crippen LogP contribution in [0.4, 0.5) is 0 Å². The zero-order valence-electron chi connectivity index (χ0n) is 18.8. The Morgan fingerprint density at radius 2 is 1.83 bits per heavy atom. The first-order valence-electron chi connectivity index (χ1n) is 10.4. The van der Waals surface area contributed by atoms with E-state index in [1.807, 2.05) is 18.2 Å². The summed E-state index contributed by atoms with van der Waals surface area (Å²) < 4.78 is 16.3. The lowest BCUT2D eigenvalue weighted by atomic mass is 10.1. The number of hydrazone groups is 1. The van der Waals surface area contributed by atoms with E-state index in [4.69, 9.17) is 37.4 Å². The van der Waals surface area contributed by atoms with E-state index in [9.17, 15) is 9.59 Å². The number of carbonyl (C=O) groups excluding carboxylic acids is 2. The van der Waals surface area contributed by atoms with Gasteiger partial charge in [-0.3, -0.25) is 4.79 Å². The molecular formula is C26H22Cl2N2O5. The fourth-order valence-electron chi connectivity index (χ4n) is 2.98. The van der Waals surface area contributed by atoms with Gasteiger partial charge in [-0.15, -0.1) is 6.58 Å². The number of esters is 1. The number of amides is 1. The molecule has 0 aromatic heterocycles. The van der Waals surface area contributed by atoms with Crippen LogP contribution in [-0.4, -0.2) is 31.8 Å². The summed E-state index contributed by atoms with van der Waals surface area (Å²) in [5.74, 6) is 0.0128. The van der Waals surface area contributed by atoms with Gasteiger partial charge in [0.15, 0.2) is 18.1 Å². The summed E-state index contributed by atoms with van der Waals surface area (Å²) in [7, 11) is 1.44. The maximum absolute atomic E-state index is 12.5. The molecule has 3 rings (SSSR count). The minimum atomic E-state index is -0.659. The average molecular weight is 513 g/mol. The third-order valence-corrected chi connectivity index (χ3v) is 5.19. The normalized spacial score (nSPS) is 10.6. The van der Waals surface area contributed by atoms with Gasteiger partial charge in [-0.05, 0) is 60.0 Å². The molecule has 3 aromatic carbocycles. The van der Waals surface area contributed by atoms with Gasteiger partial charge >= 0.3 is 5.97 Å². The molecule has 0 aliphatic carbocycles. The molecule has 0 spiro atoms. The minimum absolute atomic E-state index is 0.167. The molecule has 0 fully saturated rings. The zero-order chi connectivity index (χ0) is 25.2. The first-order chi connectivity index (χ1) is 16.9. The number of hydrogen-bond donors (Lipinski definition) is 1. The minimum Gasteiger partial charge on any atom is -0.493 e. The third-order valence-electron chi connectivity index (χ3n) is 4.64. The quantitative estimate of drug-likeness (QED) is 0.128. The van der Waals surface area contributed by atoms with Crippen LogP contribution in [0.25, 0.3) is 0 Å². The van der Waals surface area contributed by atoms with Gasteiger partial charge in [0.05, 0.1) is 23.9 Å². The average Bonchev–Trinajstić information content (AvgIpc) is 2.84. The number of allylic oxidation sites excluding steroid dienone is 1. The summed E-state index contributed by atoms with van der Waals surface area (Å²) in [6.45, 7) is 3.52. The van der Waals surface area contributed by atoms with Crippen molar-refractivity contribution in [2.24, 2.45) is 5.10 Å². The van der Waals surface area contributed by atoms with Gasteiger partial charge in [0.1, 0.15) is 5.75 Å². The molecule has 3 aromatic rings. The molecule has 1 amide bonds. The van der Waals surface area contributed by atoms with Crippen LogP contribution in [0.2, 0.25) is 10.0 Å². The van der Waals surface area contributed by atoms with Crippen molar-refractivity contribution < 1.29 is 23.8 Å². The molecule has 7 nitrogen and oxygen atoms in total. The summed E-state index contributed by atoms with van der Waals surface area (Å²) >= 11 is 11.9. The van der Waals surface area contributed by atoms with Crippen molar-refractivity contribution in [2.45, 2.75) is 6.42 Å². The number of benzene rings is 3. The summed E-state index contributed by atoms with van der Waals surface area (Å²) in [4.78, 5) is 24.6. The number of nitrogens with zero attached hydrogens (tertiary/aromatic N) is 1. The second-order valence-electron chi connectivity index (χ2n) is 7.11. The molecule has 0 unspecified atom stereocenters. The van der Waals surface area contributed by atoms with Gasteiger partial charge in [0.2, 0.25) is 0 Å². The molecule has 0 saturated heterocycles. The second kappa shape index (κ2) is 12.6. The fourth-order valence-corrected chi connectivity index (χ4v) is 3.47. The van der Waals surface area contributed by atoms with E-state index < -0.39 is 11.9 Å². The van der Waals surface area contributed by atoms with Crippen molar-refractivity contribution >= 4 is 41.3 Å². The largest absolute Gasteiger partial charge is 0.493 e. The van der Waals surface area contributed by atoms with Gasteiger partial charge in [-0.1, -0.05) is 47.5 Å². The van der Waals surface area contributed by atoms with Crippen molar-refractivity contribution in [1.82, 2.24) is 5.43 Å². The lowest BCUT2D eigenvalue weighted by Crippen LogP contribution is -2.24. The van der Waals surface area contributed by atoms with Gasteiger partial charge < -0.3 is 14.2 Å². The van der Waals surface area contributed by atoms with Crippen molar-refractivity contribution in [3.63, 3.8) is 0 Å². The molecule has 9 heteroatoms. The number of nitrogens with one attached hydrogen (secondary N) is 1. The van der Waals surface area contributed by atoms with E-state index in [0.717, 1.165) is 5.56 Å². The van der Waals surface area contributed by atoms with Gasteiger partial charge in [-0.2, -0.15) is 5.10 Å². The summed E-state index contributed by atoms with van der Waals surface area (Å²) in [5.41, 5.74) is 4.11. The summed E-state index contributed by atoms with van der Waals surface area (Å²) in [6.07, 6.45) is 3.82. The number of methoxy groups -OCH3 is 1. The van der Waals surface area contributed by atoms with Gasteiger partial charge in [0.25, 0.3) is 5.91 Å². The van der Waals surface area contributed by atoms with E-state index in [-0.39, 0.29) is 22.9 Å². The van der Waals surface area contributed by atoms with Crippen molar-refractivity contribution in [3.05, 3.63) is 100 Å². The van der Waals surface area contributed by atoms with Crippen molar-refractivity contribution in [3.8, 4) is 17.2 Å². The van der Waals surface area contributed by atoms with Crippen molar-refractivity contribution in [1.29, 1.82) is 0 Å². The molecule has 0 aliphatic rings. The first-order valence-corrected chi connectivity index (χ1v) is 11.2. The monoisotopic (exact) mass is 512 g/mol. The molecule has 0 aliphatic heterocycles. The van der Waals surface area contributed by atoms with Crippen LogP contribution < -0.4 is 19.6 Å². The maximum atomic E-state index is 12.5. The highest BCUT2D eigenvalue weighted by Crippen LogP contribution is 2.30. The molecule has 1 N–H and O–H groups in total. The molecular weight excluding hydrogens is 491 g/mol. The molecule has 0 heterocycles. The SMILES string of the molecule is C=CCc1ccccc1OCC(=O)N/N=C\c1ccc(OC(=O)c2ccc(Cl)cc2Cl)c(OC)c1. The zero-order valence-corrected chi connectivity index (χ0v) is 20.3. The van der Waals surface area contributed by atoms with E-state index in [1.54, 1.807) is 36.4 Å². The number of carbonyl (C=O) groups is 2. The van der Waals surface area contributed by atoms with E-state index in [0.29, 0.717) is 28.5 Å². The highest BCUT2D eigenvalue weighted by atomic mass is 35.5. The van der Waals surface area contributed by atoms with Gasteiger partial charge in [0, 0.05) is 5.02 Å². The molecule has 180 valence electrons. The molecule has 35 heavy (non-hydrogen) atoms. The lowest BCUT2D eigenvalue weighted by Gasteiger charge is -2.11. The van der Waals surface area contributed by atoms with Crippen LogP contribution in [0.5, 0.6) is 17.2 Å². The number of hydrogen-bond acceptors (Lipinski definition) is 6. The standard InChI is InChI=1S/C26H22Cl2N2O5/c1-3-6-18-7-4-5-8-22(18)34-16-25(31)30-29-15-17-9-12-23(24(13-17)33-2)35-26(32)20-11-10-19(27)14-21(20)28/h3-5,7-15H,1,6,16H2,2H3,(H,30,31)/b29-15-. The summed E-state index contributed by atoms with van der Waals surface area (Å²) in [6, 6.07) is 16.7. The Morgan fingerprint density at radius 1 is 1.03 bits per heavy atom. The molecule has 0 saturated carbocycles. The lowest BCUT2D eigenvalue weighted by molar-refractivity contribution is -0.123. The van der Waals surface area contributed by atoms with Crippen LogP contribution in [0.3, 0.4) is 0 Å². The van der Waals surface area contributed by atoms with E-state index in [2.05, 4.69) is 17.1 Å². The molecule has 0 atom stereocenters. The topological polar surface area (TPSA) is 86.2 Å². The predicted molar refractivity (Wildman–Crippen MR) is 136 cm³/mol. The first kappa shape index (κ1) is 25.8. The molecule has 0 radical (unpaired) electrons. The fraction of sp³-hybridized carbons (Fsp3) is 0.115. The smallest absolute Gasteiger partial charge is 0.345 e. The van der Waals surface area contributed by atoms with Crippen LogP contribution in [0.1, 0.15) is 21.5 Å². The Hall–Kier alpha value is -3.81. The van der Waals surface area contributed by atoms with Gasteiger partial charge in [-0.25, -0.2) is 10.2 Å². The molecule has 0 bridgehead atoms. The van der Waals surface area contributed by atoms with Crippen LogP contribution in [-0.2, 0) is 11.2 Å². The Labute approximate surface area is 212 Å². The predicted octanol–water partition coefficient (Wildman–Crippen LogP) is 5.48. The Morgan fingerprint density at radius 3 is 2.57 bits per heavy atom. The number of para-hydroxylation sites is 1. The maximum Gasteiger partial charge on any atom is 0.345 e. The third kappa shape index (κ3) is 7.34. The van der Waals surface area contributed by atoms with Crippen LogP contribution in [0.15, 0.2) is 78.4 Å². The number of ether oxygens (including phenoxy) is 3. The highest BCUT2D eigenvalue weighted by molar-refractivity contribution is 6.36. The second-order valence-corrected chi connectivity index (χ2v) is 7.95. The van der Waals surface area contributed by atoms with Crippen LogP contribution >= 0.6 is 23.2 Å². The van der Waals surface area contributed by atoms with Crippen molar-refractivity contribution in [2.75, 3.05) is 13.7 Å². The Balaban J connectivity index is 1.58. The Bertz CT molecular complexity index is 1260.